The Morgan fingerprint density at radius 3 is 3.11 bits per heavy atom. The first-order valence-electron chi connectivity index (χ1n) is 6.80. The molecule has 1 N–H and O–H groups in total. The zero-order chi connectivity index (χ0) is 12.8. The van der Waals surface area contributed by atoms with Crippen LogP contribution in [0.5, 0.6) is 0 Å². The van der Waals surface area contributed by atoms with E-state index in [2.05, 4.69) is 10.3 Å². The molecule has 0 radical (unpaired) electrons. The molecule has 2 aromatic heterocycles. The van der Waals surface area contributed by atoms with E-state index in [-0.39, 0.29) is 0 Å². The molecule has 4 heterocycles. The van der Waals surface area contributed by atoms with Crippen LogP contribution in [0.4, 0.5) is 0 Å². The van der Waals surface area contributed by atoms with Gasteiger partial charge in [-0.15, -0.1) is 0 Å². The third kappa shape index (κ3) is 2.14. The van der Waals surface area contributed by atoms with Crippen molar-refractivity contribution >= 4 is 17.2 Å². The van der Waals surface area contributed by atoms with Crippen LogP contribution in [-0.2, 0) is 11.3 Å². The summed E-state index contributed by atoms with van der Waals surface area (Å²) < 4.78 is 7.81. The Hall–Kier alpha value is -1.10. The number of ether oxygens (including phenoxy) is 1. The van der Waals surface area contributed by atoms with Crippen molar-refractivity contribution in [3.05, 3.63) is 35.2 Å². The molecule has 0 saturated carbocycles. The minimum absolute atomic E-state index is 0.413. The zero-order valence-electron chi connectivity index (χ0n) is 10.6. The van der Waals surface area contributed by atoms with Crippen LogP contribution in [-0.4, -0.2) is 27.6 Å². The summed E-state index contributed by atoms with van der Waals surface area (Å²) in [6, 6.07) is 4.30. The second-order valence-corrected chi connectivity index (χ2v) is 5.88. The zero-order valence-corrected chi connectivity index (χ0v) is 11.3. The minimum Gasteiger partial charge on any atom is -0.373 e. The molecule has 4 rings (SSSR count). The summed E-state index contributed by atoms with van der Waals surface area (Å²) in [5, 5.41) is 4.30. The van der Waals surface area contributed by atoms with Crippen molar-refractivity contribution in [2.45, 2.75) is 44.1 Å². The van der Waals surface area contributed by atoms with Crippen LogP contribution in [0.2, 0.25) is 5.02 Å². The smallest absolute Gasteiger partial charge is 0.137 e. The number of rotatable bonds is 3. The van der Waals surface area contributed by atoms with E-state index in [0.717, 1.165) is 29.3 Å². The summed E-state index contributed by atoms with van der Waals surface area (Å²) in [6.07, 6.45) is 8.39. The molecule has 2 fully saturated rings. The summed E-state index contributed by atoms with van der Waals surface area (Å²) in [4.78, 5) is 4.58. The molecular weight excluding hydrogens is 262 g/mol. The summed E-state index contributed by atoms with van der Waals surface area (Å²) in [5.74, 6) is 0. The lowest BCUT2D eigenvalue weighted by atomic mass is 9.95. The highest BCUT2D eigenvalue weighted by molar-refractivity contribution is 6.30. The van der Waals surface area contributed by atoms with Crippen molar-refractivity contribution in [2.75, 3.05) is 0 Å². The maximum Gasteiger partial charge on any atom is 0.137 e. The van der Waals surface area contributed by atoms with E-state index >= 15 is 0 Å². The fourth-order valence-electron chi connectivity index (χ4n) is 3.19. The minimum atomic E-state index is 0.413. The average Bonchev–Trinajstić information content (AvgIpc) is 3.09. The van der Waals surface area contributed by atoms with Crippen LogP contribution >= 0.6 is 11.6 Å². The lowest BCUT2D eigenvalue weighted by molar-refractivity contribution is 0.0972. The number of halogens is 1. The number of hydrogen-bond acceptors (Lipinski definition) is 3. The van der Waals surface area contributed by atoms with Crippen LogP contribution in [0.25, 0.3) is 5.65 Å². The van der Waals surface area contributed by atoms with Crippen molar-refractivity contribution in [1.82, 2.24) is 14.7 Å². The van der Waals surface area contributed by atoms with Gasteiger partial charge in [0.1, 0.15) is 5.65 Å². The van der Waals surface area contributed by atoms with Gasteiger partial charge in [-0.05, 0) is 31.4 Å². The topological polar surface area (TPSA) is 38.6 Å². The van der Waals surface area contributed by atoms with Crippen LogP contribution in [0.3, 0.4) is 0 Å². The molecule has 0 spiro atoms. The van der Waals surface area contributed by atoms with E-state index in [1.165, 1.54) is 12.8 Å². The first-order valence-corrected chi connectivity index (χ1v) is 7.18. The number of pyridine rings is 1. The summed E-state index contributed by atoms with van der Waals surface area (Å²) in [7, 11) is 0. The van der Waals surface area contributed by atoms with Crippen molar-refractivity contribution in [3.8, 4) is 0 Å². The van der Waals surface area contributed by atoms with E-state index in [0.29, 0.717) is 18.2 Å². The van der Waals surface area contributed by atoms with Crippen LogP contribution in [0.1, 0.15) is 25.0 Å². The third-order valence-electron chi connectivity index (χ3n) is 4.12. The van der Waals surface area contributed by atoms with E-state index in [1.807, 2.05) is 28.9 Å². The quantitative estimate of drug-likeness (QED) is 0.936. The fraction of sp³-hybridized carbons (Fsp3) is 0.500. The van der Waals surface area contributed by atoms with Gasteiger partial charge in [0.2, 0.25) is 0 Å². The highest BCUT2D eigenvalue weighted by atomic mass is 35.5. The Morgan fingerprint density at radius 2 is 2.32 bits per heavy atom. The lowest BCUT2D eigenvalue weighted by Gasteiger charge is -2.19. The molecular formula is C14H16ClN3O. The van der Waals surface area contributed by atoms with Gasteiger partial charge in [-0.1, -0.05) is 11.6 Å². The Bertz CT molecular complexity index is 612. The van der Waals surface area contributed by atoms with E-state index < -0.39 is 0 Å². The Labute approximate surface area is 116 Å². The highest BCUT2D eigenvalue weighted by Gasteiger charge is 2.40. The van der Waals surface area contributed by atoms with Gasteiger partial charge in [0, 0.05) is 25.0 Å². The molecule has 2 aliphatic heterocycles. The van der Waals surface area contributed by atoms with Gasteiger partial charge in [0.15, 0.2) is 0 Å². The summed E-state index contributed by atoms with van der Waals surface area (Å²) in [6.45, 7) is 0.788. The van der Waals surface area contributed by atoms with E-state index in [4.69, 9.17) is 16.3 Å². The van der Waals surface area contributed by atoms with E-state index in [1.54, 1.807) is 0 Å². The molecule has 0 amide bonds. The van der Waals surface area contributed by atoms with Gasteiger partial charge >= 0.3 is 0 Å². The monoisotopic (exact) mass is 277 g/mol. The molecule has 5 heteroatoms. The average molecular weight is 278 g/mol. The standard InChI is InChI=1S/C14H16ClN3O/c15-9-1-4-14-17-10(8-18(14)7-9)6-16-12-5-11-2-3-13(12)19-11/h1,4,7-8,11-13,16H,2-3,5-6H2. The largest absolute Gasteiger partial charge is 0.373 e. The first kappa shape index (κ1) is 11.7. The molecule has 3 unspecified atom stereocenters. The Balaban J connectivity index is 1.46. The molecule has 2 saturated heterocycles. The fourth-order valence-corrected chi connectivity index (χ4v) is 3.36. The highest BCUT2D eigenvalue weighted by Crippen LogP contribution is 2.34. The molecule has 0 aliphatic carbocycles. The SMILES string of the molecule is Clc1ccc2nc(CNC3CC4CCC3O4)cn2c1. The number of aromatic nitrogens is 2. The molecule has 0 aromatic carbocycles. The maximum absolute atomic E-state index is 5.97. The Morgan fingerprint density at radius 1 is 1.37 bits per heavy atom. The van der Waals surface area contributed by atoms with Crippen LogP contribution in [0, 0.1) is 0 Å². The number of imidazole rings is 1. The summed E-state index contributed by atoms with van der Waals surface area (Å²) in [5.41, 5.74) is 1.98. The predicted octanol–water partition coefficient (Wildman–Crippen LogP) is 2.40. The van der Waals surface area contributed by atoms with Gasteiger partial charge < -0.3 is 14.5 Å². The lowest BCUT2D eigenvalue weighted by Crippen LogP contribution is -2.37. The van der Waals surface area contributed by atoms with Gasteiger partial charge in [-0.2, -0.15) is 0 Å². The Kier molecular flexibility index (Phi) is 2.76. The maximum atomic E-state index is 5.97. The van der Waals surface area contributed by atoms with Crippen molar-refractivity contribution < 1.29 is 4.74 Å². The summed E-state index contributed by atoms with van der Waals surface area (Å²) >= 11 is 5.97. The van der Waals surface area contributed by atoms with Gasteiger partial charge in [0.25, 0.3) is 0 Å². The molecule has 19 heavy (non-hydrogen) atoms. The molecule has 4 nitrogen and oxygen atoms in total. The number of nitrogens with zero attached hydrogens (tertiary/aromatic N) is 2. The molecule has 2 bridgehead atoms. The van der Waals surface area contributed by atoms with Gasteiger partial charge in [0.05, 0.1) is 22.9 Å². The molecule has 100 valence electrons. The molecule has 2 aromatic rings. The predicted molar refractivity (Wildman–Crippen MR) is 73.3 cm³/mol. The van der Waals surface area contributed by atoms with Crippen molar-refractivity contribution in [3.63, 3.8) is 0 Å². The third-order valence-corrected chi connectivity index (χ3v) is 4.34. The van der Waals surface area contributed by atoms with E-state index in [9.17, 15) is 0 Å². The van der Waals surface area contributed by atoms with Crippen molar-refractivity contribution in [1.29, 1.82) is 0 Å². The first-order chi connectivity index (χ1) is 9.28. The number of nitrogens with one attached hydrogen (secondary N) is 1. The van der Waals surface area contributed by atoms with Crippen molar-refractivity contribution in [2.24, 2.45) is 0 Å². The normalized spacial score (nSPS) is 29.4. The van der Waals surface area contributed by atoms with Gasteiger partial charge in [-0.3, -0.25) is 0 Å². The molecule has 2 aliphatic rings. The van der Waals surface area contributed by atoms with Crippen LogP contribution in [0.15, 0.2) is 24.5 Å². The number of fused-ring (bicyclic) bond motifs is 3. The second kappa shape index (κ2) is 4.47. The second-order valence-electron chi connectivity index (χ2n) is 5.44. The van der Waals surface area contributed by atoms with Crippen LogP contribution < -0.4 is 5.32 Å². The van der Waals surface area contributed by atoms with Gasteiger partial charge in [-0.25, -0.2) is 4.98 Å². The molecule has 3 atom stereocenters. The number of hydrogen-bond donors (Lipinski definition) is 1.